The number of rotatable bonds is 6. The number of carbonyl (C=O) groups excluding carboxylic acids is 2. The van der Waals surface area contributed by atoms with Crippen LogP contribution < -0.4 is 0 Å². The van der Waals surface area contributed by atoms with Crippen LogP contribution in [0.4, 0.5) is 0 Å². The van der Waals surface area contributed by atoms with Gasteiger partial charge in [0, 0.05) is 16.0 Å². The smallest absolute Gasteiger partial charge is 0.295 e. The van der Waals surface area contributed by atoms with Gasteiger partial charge in [-0.05, 0) is 63.0 Å². The van der Waals surface area contributed by atoms with Crippen molar-refractivity contribution in [1.82, 2.24) is 9.80 Å². The van der Waals surface area contributed by atoms with E-state index in [2.05, 4.69) is 15.9 Å². The Hall–Kier alpha value is -2.35. The normalized spacial score (nSPS) is 18.4. The third-order valence-electron chi connectivity index (χ3n) is 4.92. The highest BCUT2D eigenvalue weighted by molar-refractivity contribution is 9.10. The lowest BCUT2D eigenvalue weighted by Crippen LogP contribution is -2.32. The quantitative estimate of drug-likeness (QED) is 0.358. The lowest BCUT2D eigenvalue weighted by atomic mass is 9.95. The van der Waals surface area contributed by atoms with Crippen LogP contribution in [0.3, 0.4) is 0 Å². The maximum Gasteiger partial charge on any atom is 0.295 e. The molecule has 0 unspecified atom stereocenters. The molecule has 158 valence electrons. The molecule has 1 aliphatic rings. The van der Waals surface area contributed by atoms with Crippen molar-refractivity contribution in [1.29, 1.82) is 0 Å². The number of likely N-dealkylation sites (tertiary alicyclic amines) is 1. The molecule has 0 aromatic heterocycles. The van der Waals surface area contributed by atoms with E-state index in [1.165, 1.54) is 23.1 Å². The summed E-state index contributed by atoms with van der Waals surface area (Å²) in [6.45, 7) is 1.08. The number of aromatic hydroxyl groups is 1. The first-order valence-electron chi connectivity index (χ1n) is 9.38. The van der Waals surface area contributed by atoms with Gasteiger partial charge < -0.3 is 20.0 Å². The Labute approximate surface area is 188 Å². The van der Waals surface area contributed by atoms with Gasteiger partial charge in [0.1, 0.15) is 11.5 Å². The molecule has 0 radical (unpaired) electrons. The molecule has 0 saturated carbocycles. The van der Waals surface area contributed by atoms with Gasteiger partial charge in [-0.15, -0.1) is 0 Å². The standard InChI is InChI=1S/C22H22BrClN2O4/c1-25(2)9-4-10-26-19(13-5-3-6-14(23)11-13)18(21(29)22(26)30)20(28)16-12-15(24)7-8-17(16)27/h3,5-8,11-12,19,27-28H,4,9-10H2,1-2H3/t19-/m0/s1. The fourth-order valence-electron chi connectivity index (χ4n) is 3.53. The van der Waals surface area contributed by atoms with Crippen LogP contribution in [0.2, 0.25) is 5.02 Å². The summed E-state index contributed by atoms with van der Waals surface area (Å²) >= 11 is 9.44. The molecule has 1 atom stereocenters. The minimum absolute atomic E-state index is 0.00814. The minimum atomic E-state index is -0.790. The number of benzene rings is 2. The van der Waals surface area contributed by atoms with Gasteiger partial charge in [0.2, 0.25) is 0 Å². The van der Waals surface area contributed by atoms with Crippen molar-refractivity contribution in [2.45, 2.75) is 12.5 Å². The number of phenols is 1. The van der Waals surface area contributed by atoms with Gasteiger partial charge in [0.25, 0.3) is 11.7 Å². The van der Waals surface area contributed by atoms with Crippen molar-refractivity contribution in [3.8, 4) is 5.75 Å². The lowest BCUT2D eigenvalue weighted by molar-refractivity contribution is -0.139. The molecule has 3 rings (SSSR count). The van der Waals surface area contributed by atoms with E-state index in [-0.39, 0.29) is 21.9 Å². The van der Waals surface area contributed by atoms with Crippen LogP contribution >= 0.6 is 27.5 Å². The summed E-state index contributed by atoms with van der Waals surface area (Å²) in [5.41, 5.74) is 0.616. The van der Waals surface area contributed by atoms with Crippen LogP contribution in [-0.4, -0.2) is 58.9 Å². The van der Waals surface area contributed by atoms with Crippen molar-refractivity contribution in [2.75, 3.05) is 27.2 Å². The fourth-order valence-corrected chi connectivity index (χ4v) is 4.12. The zero-order valence-electron chi connectivity index (χ0n) is 16.6. The highest BCUT2D eigenvalue weighted by atomic mass is 79.9. The van der Waals surface area contributed by atoms with Crippen LogP contribution in [0.5, 0.6) is 5.75 Å². The highest BCUT2D eigenvalue weighted by Gasteiger charge is 2.46. The van der Waals surface area contributed by atoms with Gasteiger partial charge in [-0.25, -0.2) is 0 Å². The largest absolute Gasteiger partial charge is 0.507 e. The number of aliphatic hydroxyl groups is 1. The SMILES string of the molecule is CN(C)CCCN1C(=O)C(=O)C(=C(O)c2cc(Cl)ccc2O)[C@@H]1c1cccc(Br)c1. The molecule has 1 amide bonds. The summed E-state index contributed by atoms with van der Waals surface area (Å²) in [6.07, 6.45) is 0.660. The van der Waals surface area contributed by atoms with E-state index in [9.17, 15) is 19.8 Å². The van der Waals surface area contributed by atoms with Crippen molar-refractivity contribution < 1.29 is 19.8 Å². The molecule has 0 spiro atoms. The lowest BCUT2D eigenvalue weighted by Gasteiger charge is -2.26. The molecule has 8 heteroatoms. The Kier molecular flexibility index (Phi) is 6.85. The van der Waals surface area contributed by atoms with E-state index in [4.69, 9.17) is 11.6 Å². The second kappa shape index (κ2) is 9.20. The first-order chi connectivity index (χ1) is 14.2. The molecule has 30 heavy (non-hydrogen) atoms. The minimum Gasteiger partial charge on any atom is -0.507 e. The summed E-state index contributed by atoms with van der Waals surface area (Å²) in [6, 6.07) is 10.6. The fraction of sp³-hybridized carbons (Fsp3) is 0.273. The van der Waals surface area contributed by atoms with Crippen molar-refractivity contribution in [3.05, 3.63) is 68.7 Å². The molecule has 1 saturated heterocycles. The van der Waals surface area contributed by atoms with Crippen LogP contribution in [0, 0.1) is 0 Å². The van der Waals surface area contributed by atoms with Gasteiger partial charge in [-0.3, -0.25) is 9.59 Å². The van der Waals surface area contributed by atoms with Gasteiger partial charge in [0.15, 0.2) is 0 Å². The first-order valence-corrected chi connectivity index (χ1v) is 10.5. The number of Topliss-reactive ketones (excluding diaryl/α,β-unsaturated/α-hetero) is 1. The molecule has 1 heterocycles. The number of hydrogen-bond acceptors (Lipinski definition) is 5. The second-order valence-corrected chi connectivity index (χ2v) is 8.72. The molecular weight excluding hydrogens is 472 g/mol. The number of carbonyl (C=O) groups is 2. The number of amides is 1. The molecular formula is C22H22BrClN2O4. The van der Waals surface area contributed by atoms with Gasteiger partial charge >= 0.3 is 0 Å². The molecule has 2 N–H and O–H groups in total. The van der Waals surface area contributed by atoms with E-state index in [0.29, 0.717) is 18.5 Å². The Morgan fingerprint density at radius 1 is 1.20 bits per heavy atom. The van der Waals surface area contributed by atoms with Crippen molar-refractivity contribution >= 4 is 45.0 Å². The summed E-state index contributed by atoms with van der Waals surface area (Å²) in [7, 11) is 3.86. The third kappa shape index (κ3) is 4.53. The zero-order valence-corrected chi connectivity index (χ0v) is 18.9. The number of hydrogen-bond donors (Lipinski definition) is 2. The van der Waals surface area contributed by atoms with Crippen LogP contribution in [0.1, 0.15) is 23.6 Å². The predicted octanol–water partition coefficient (Wildman–Crippen LogP) is 4.18. The number of ketones is 1. The summed E-state index contributed by atoms with van der Waals surface area (Å²) in [5.74, 6) is -2.15. The summed E-state index contributed by atoms with van der Waals surface area (Å²) < 4.78 is 0.782. The Morgan fingerprint density at radius 2 is 1.93 bits per heavy atom. The number of halogens is 2. The zero-order chi connectivity index (χ0) is 22.0. The Bertz CT molecular complexity index is 1020. The maximum atomic E-state index is 12.9. The van der Waals surface area contributed by atoms with E-state index in [0.717, 1.165) is 11.0 Å². The number of aliphatic hydroxyl groups excluding tert-OH is 1. The third-order valence-corrected chi connectivity index (χ3v) is 5.65. The van der Waals surface area contributed by atoms with Crippen molar-refractivity contribution in [2.24, 2.45) is 0 Å². The van der Waals surface area contributed by atoms with E-state index in [1.807, 2.05) is 25.1 Å². The highest BCUT2D eigenvalue weighted by Crippen LogP contribution is 2.41. The number of nitrogens with zero attached hydrogens (tertiary/aromatic N) is 2. The molecule has 0 aliphatic carbocycles. The Morgan fingerprint density at radius 3 is 2.60 bits per heavy atom. The predicted molar refractivity (Wildman–Crippen MR) is 119 cm³/mol. The maximum absolute atomic E-state index is 12.9. The molecule has 0 bridgehead atoms. The van der Waals surface area contributed by atoms with Crippen LogP contribution in [0.25, 0.3) is 5.76 Å². The van der Waals surface area contributed by atoms with E-state index < -0.39 is 23.5 Å². The van der Waals surface area contributed by atoms with Crippen molar-refractivity contribution in [3.63, 3.8) is 0 Å². The average Bonchev–Trinajstić information content (AvgIpc) is 2.94. The molecule has 1 fully saturated rings. The molecule has 2 aromatic carbocycles. The topological polar surface area (TPSA) is 81.1 Å². The summed E-state index contributed by atoms with van der Waals surface area (Å²) in [4.78, 5) is 29.3. The van der Waals surface area contributed by atoms with Gasteiger partial charge in [-0.2, -0.15) is 0 Å². The van der Waals surface area contributed by atoms with Gasteiger partial charge in [0.05, 0.1) is 17.2 Å². The molecule has 2 aromatic rings. The van der Waals surface area contributed by atoms with E-state index in [1.54, 1.807) is 18.2 Å². The molecule has 1 aliphatic heterocycles. The number of phenolic OH excluding ortho intramolecular Hbond substituents is 1. The first kappa shape index (κ1) is 22.3. The van der Waals surface area contributed by atoms with E-state index >= 15 is 0 Å². The summed E-state index contributed by atoms with van der Waals surface area (Å²) in [5, 5.41) is 21.5. The average molecular weight is 494 g/mol. The molecule has 6 nitrogen and oxygen atoms in total. The van der Waals surface area contributed by atoms with Crippen LogP contribution in [0.15, 0.2) is 52.5 Å². The monoisotopic (exact) mass is 492 g/mol. The second-order valence-electron chi connectivity index (χ2n) is 7.37. The Balaban J connectivity index is 2.15. The van der Waals surface area contributed by atoms with Gasteiger partial charge in [-0.1, -0.05) is 39.7 Å². The van der Waals surface area contributed by atoms with Crippen LogP contribution in [-0.2, 0) is 9.59 Å².